The number of oxime groups is 1. The van der Waals surface area contributed by atoms with Crippen molar-refractivity contribution < 1.29 is 14.7 Å². The van der Waals surface area contributed by atoms with Crippen molar-refractivity contribution >= 4 is 11.9 Å². The fourth-order valence-electron chi connectivity index (χ4n) is 1.17. The van der Waals surface area contributed by atoms with E-state index in [0.717, 1.165) is 0 Å². The Morgan fingerprint density at radius 1 is 1.62 bits per heavy atom. The maximum Gasteiger partial charge on any atom is 0.242 e. The Kier molecular flexibility index (Phi) is 2.91. The third-order valence-corrected chi connectivity index (χ3v) is 1.85. The summed E-state index contributed by atoms with van der Waals surface area (Å²) in [6.07, 6.45) is 0. The van der Waals surface area contributed by atoms with Crippen LogP contribution in [0.3, 0.4) is 0 Å². The van der Waals surface area contributed by atoms with Gasteiger partial charge in [0.1, 0.15) is 6.04 Å². The van der Waals surface area contributed by atoms with E-state index in [1.807, 2.05) is 0 Å². The first-order valence-corrected chi connectivity index (χ1v) is 3.78. The molecule has 0 spiro atoms. The van der Waals surface area contributed by atoms with Crippen LogP contribution in [-0.2, 0) is 9.53 Å². The Hall–Kier alpha value is -1.50. The Bertz CT molecular complexity index is 230. The van der Waals surface area contributed by atoms with Crippen LogP contribution < -0.4 is 11.5 Å². The van der Waals surface area contributed by atoms with Gasteiger partial charge >= 0.3 is 0 Å². The molecule has 5 N–H and O–H groups in total. The van der Waals surface area contributed by atoms with E-state index < -0.39 is 11.9 Å². The number of nitrogens with zero attached hydrogens (tertiary/aromatic N) is 2. The molecule has 7 heteroatoms. The minimum Gasteiger partial charge on any atom is -0.408 e. The molecule has 74 valence electrons. The van der Waals surface area contributed by atoms with Crippen molar-refractivity contribution in [1.29, 1.82) is 0 Å². The molecule has 1 amide bonds. The molecule has 0 aromatic rings. The van der Waals surface area contributed by atoms with E-state index in [0.29, 0.717) is 13.2 Å². The van der Waals surface area contributed by atoms with Crippen LogP contribution in [0.25, 0.3) is 0 Å². The molecule has 0 saturated carbocycles. The number of hydrogen-bond donors (Lipinski definition) is 3. The summed E-state index contributed by atoms with van der Waals surface area (Å²) in [6, 6.07) is -0.648. The topological polar surface area (TPSA) is 114 Å². The number of ether oxygens (including phenoxy) is 1. The predicted molar refractivity (Wildman–Crippen MR) is 43.9 cm³/mol. The van der Waals surface area contributed by atoms with Crippen molar-refractivity contribution in [3.05, 3.63) is 0 Å². The lowest BCUT2D eigenvalue weighted by molar-refractivity contribution is -0.126. The Labute approximate surface area is 74.9 Å². The summed E-state index contributed by atoms with van der Waals surface area (Å²) in [7, 11) is 0. The van der Waals surface area contributed by atoms with E-state index in [1.54, 1.807) is 0 Å². The minimum atomic E-state index is -0.648. The molecule has 1 atom stereocenters. The highest BCUT2D eigenvalue weighted by atomic mass is 16.5. The van der Waals surface area contributed by atoms with Crippen LogP contribution in [0.4, 0.5) is 0 Å². The molecule has 13 heavy (non-hydrogen) atoms. The number of primary amides is 1. The van der Waals surface area contributed by atoms with Gasteiger partial charge in [0.05, 0.1) is 13.2 Å². The maximum atomic E-state index is 10.9. The number of nitrogens with two attached hydrogens (primary N) is 2. The van der Waals surface area contributed by atoms with Crippen molar-refractivity contribution in [1.82, 2.24) is 4.90 Å². The first kappa shape index (κ1) is 9.59. The minimum absolute atomic E-state index is 0.118. The fourth-order valence-corrected chi connectivity index (χ4v) is 1.17. The third kappa shape index (κ3) is 2.00. The SMILES string of the molecule is NC(=O)C1COCCN1C(N)=NO. The van der Waals surface area contributed by atoms with Gasteiger partial charge in [0.2, 0.25) is 11.9 Å². The summed E-state index contributed by atoms with van der Waals surface area (Å²) in [5.41, 5.74) is 10.4. The average molecular weight is 188 g/mol. The lowest BCUT2D eigenvalue weighted by Crippen LogP contribution is -2.56. The fraction of sp³-hybridized carbons (Fsp3) is 0.667. The molecule has 1 aliphatic rings. The summed E-state index contributed by atoms with van der Waals surface area (Å²) < 4.78 is 5.03. The highest BCUT2D eigenvalue weighted by molar-refractivity contribution is 5.87. The van der Waals surface area contributed by atoms with Gasteiger partial charge < -0.3 is 26.3 Å². The molecular weight excluding hydrogens is 176 g/mol. The molecule has 1 saturated heterocycles. The Morgan fingerprint density at radius 2 is 2.31 bits per heavy atom. The van der Waals surface area contributed by atoms with Gasteiger partial charge in [-0.3, -0.25) is 4.79 Å². The molecule has 1 rings (SSSR count). The molecule has 1 fully saturated rings. The van der Waals surface area contributed by atoms with Gasteiger partial charge in [-0.2, -0.15) is 0 Å². The van der Waals surface area contributed by atoms with Gasteiger partial charge in [-0.25, -0.2) is 0 Å². The Morgan fingerprint density at radius 3 is 2.85 bits per heavy atom. The molecular formula is C6H12N4O3. The smallest absolute Gasteiger partial charge is 0.242 e. The first-order valence-electron chi connectivity index (χ1n) is 3.78. The zero-order valence-electron chi connectivity index (χ0n) is 7.01. The van der Waals surface area contributed by atoms with Gasteiger partial charge in [-0.05, 0) is 0 Å². The van der Waals surface area contributed by atoms with Crippen LogP contribution in [0, 0.1) is 0 Å². The van der Waals surface area contributed by atoms with E-state index in [-0.39, 0.29) is 12.6 Å². The zero-order valence-corrected chi connectivity index (χ0v) is 7.01. The van der Waals surface area contributed by atoms with Crippen molar-refractivity contribution in [3.63, 3.8) is 0 Å². The molecule has 0 aliphatic carbocycles. The number of rotatable bonds is 1. The summed E-state index contributed by atoms with van der Waals surface area (Å²) in [5.74, 6) is -0.668. The van der Waals surface area contributed by atoms with E-state index >= 15 is 0 Å². The van der Waals surface area contributed by atoms with E-state index in [4.69, 9.17) is 21.4 Å². The zero-order chi connectivity index (χ0) is 9.84. The van der Waals surface area contributed by atoms with Crippen LogP contribution in [-0.4, -0.2) is 47.8 Å². The van der Waals surface area contributed by atoms with Gasteiger partial charge in [-0.1, -0.05) is 5.16 Å². The highest BCUT2D eigenvalue weighted by Gasteiger charge is 2.29. The molecule has 0 aromatic carbocycles. The molecule has 7 nitrogen and oxygen atoms in total. The normalized spacial score (nSPS) is 24.5. The largest absolute Gasteiger partial charge is 0.408 e. The van der Waals surface area contributed by atoms with E-state index in [9.17, 15) is 4.79 Å². The second-order valence-corrected chi connectivity index (χ2v) is 2.64. The molecule has 1 unspecified atom stereocenters. The van der Waals surface area contributed by atoms with Crippen LogP contribution in [0.1, 0.15) is 0 Å². The maximum absolute atomic E-state index is 10.9. The molecule has 0 aromatic heterocycles. The number of carbonyl (C=O) groups excluding carboxylic acids is 1. The third-order valence-electron chi connectivity index (χ3n) is 1.85. The van der Waals surface area contributed by atoms with Gasteiger partial charge in [0.15, 0.2) is 0 Å². The van der Waals surface area contributed by atoms with E-state index in [1.165, 1.54) is 4.90 Å². The number of amides is 1. The molecule has 1 heterocycles. The van der Waals surface area contributed by atoms with E-state index in [2.05, 4.69) is 5.16 Å². The predicted octanol–water partition coefficient (Wildman–Crippen LogP) is -2.12. The van der Waals surface area contributed by atoms with Crippen LogP contribution in [0.2, 0.25) is 0 Å². The van der Waals surface area contributed by atoms with Crippen molar-refractivity contribution in [2.24, 2.45) is 16.6 Å². The molecule has 1 aliphatic heterocycles. The number of hydrogen-bond acceptors (Lipinski definition) is 4. The molecule has 0 radical (unpaired) electrons. The van der Waals surface area contributed by atoms with Gasteiger partial charge in [-0.15, -0.1) is 0 Å². The van der Waals surface area contributed by atoms with Crippen molar-refractivity contribution in [3.8, 4) is 0 Å². The Balaban J connectivity index is 2.73. The summed E-state index contributed by atoms with van der Waals surface area (Å²) in [5, 5.41) is 11.2. The average Bonchev–Trinajstić information content (AvgIpc) is 2.16. The highest BCUT2D eigenvalue weighted by Crippen LogP contribution is 2.05. The second-order valence-electron chi connectivity index (χ2n) is 2.64. The lowest BCUT2D eigenvalue weighted by Gasteiger charge is -2.33. The number of morpholine rings is 1. The molecule has 0 bridgehead atoms. The quantitative estimate of drug-likeness (QED) is 0.188. The lowest BCUT2D eigenvalue weighted by atomic mass is 10.2. The first-order chi connectivity index (χ1) is 6.16. The van der Waals surface area contributed by atoms with Crippen LogP contribution in [0.15, 0.2) is 5.16 Å². The summed E-state index contributed by atoms with van der Waals surface area (Å²) >= 11 is 0. The van der Waals surface area contributed by atoms with Crippen LogP contribution >= 0.6 is 0 Å². The van der Waals surface area contributed by atoms with Crippen LogP contribution in [0.5, 0.6) is 0 Å². The second kappa shape index (κ2) is 3.94. The monoisotopic (exact) mass is 188 g/mol. The summed E-state index contributed by atoms with van der Waals surface area (Å²) in [4.78, 5) is 12.3. The number of guanidine groups is 1. The van der Waals surface area contributed by atoms with Crippen molar-refractivity contribution in [2.75, 3.05) is 19.8 Å². The van der Waals surface area contributed by atoms with Gasteiger partial charge in [0.25, 0.3) is 0 Å². The summed E-state index contributed by atoms with van der Waals surface area (Å²) in [6.45, 7) is 0.995. The standard InChI is InChI=1S/C6H12N4O3/c7-5(11)4-3-13-2-1-10(4)6(8)9-12/h4,12H,1-3H2,(H2,7,11)(H2,8,9). The van der Waals surface area contributed by atoms with Gasteiger partial charge in [0, 0.05) is 6.54 Å². The number of carbonyl (C=O) groups is 1. The van der Waals surface area contributed by atoms with Crippen molar-refractivity contribution in [2.45, 2.75) is 6.04 Å².